The van der Waals surface area contributed by atoms with Gasteiger partial charge in [-0.05, 0) is 25.5 Å². The number of ether oxygens (including phenoxy) is 1. The van der Waals surface area contributed by atoms with Gasteiger partial charge < -0.3 is 9.72 Å². The van der Waals surface area contributed by atoms with E-state index >= 15 is 0 Å². The molecular weight excluding hydrogens is 320 g/mol. The average molecular weight is 338 g/mol. The van der Waals surface area contributed by atoms with Crippen molar-refractivity contribution >= 4 is 11.8 Å². The molecule has 0 aliphatic carbocycles. The first-order valence-corrected chi connectivity index (χ1v) is 7.83. The molecule has 1 aromatic carbocycles. The van der Waals surface area contributed by atoms with E-state index in [9.17, 15) is 9.59 Å². The molecule has 0 unspecified atom stereocenters. The Kier molecular flexibility index (Phi) is 4.74. The van der Waals surface area contributed by atoms with Crippen LogP contribution in [0.25, 0.3) is 0 Å². The summed E-state index contributed by atoms with van der Waals surface area (Å²) in [5, 5.41) is 7.72. The van der Waals surface area contributed by atoms with E-state index in [0.29, 0.717) is 12.1 Å². The second-order valence-electron chi connectivity index (χ2n) is 5.78. The number of benzene rings is 1. The molecule has 0 radical (unpaired) electrons. The number of aromatic amines is 1. The van der Waals surface area contributed by atoms with E-state index in [1.807, 2.05) is 37.3 Å². The monoisotopic (exact) mass is 338 g/mol. The number of Topliss-reactive ketones (excluding diaryl/α,β-unsaturated/α-hetero) is 1. The van der Waals surface area contributed by atoms with Gasteiger partial charge in [0.15, 0.2) is 12.3 Å². The molecule has 0 aliphatic heterocycles. The predicted molar refractivity (Wildman–Crippen MR) is 90.4 cm³/mol. The Hall–Kier alpha value is -3.22. The molecule has 2 aromatic heterocycles. The first-order valence-electron chi connectivity index (χ1n) is 7.83. The van der Waals surface area contributed by atoms with Crippen molar-refractivity contribution < 1.29 is 14.3 Å². The maximum atomic E-state index is 12.1. The summed E-state index contributed by atoms with van der Waals surface area (Å²) in [5.41, 5.74) is 3.29. The topological polar surface area (TPSA) is 89.9 Å². The summed E-state index contributed by atoms with van der Waals surface area (Å²) in [6.45, 7) is 3.84. The lowest BCUT2D eigenvalue weighted by Gasteiger charge is -2.02. The van der Waals surface area contributed by atoms with Gasteiger partial charge in [0.05, 0.1) is 12.7 Å². The molecule has 7 heteroatoms. The molecule has 1 N–H and O–H groups in total. The normalized spacial score (nSPS) is 10.6. The van der Waals surface area contributed by atoms with Crippen LogP contribution in [0.3, 0.4) is 0 Å². The van der Waals surface area contributed by atoms with Crippen molar-refractivity contribution in [1.29, 1.82) is 0 Å². The summed E-state index contributed by atoms with van der Waals surface area (Å²) in [6.07, 6.45) is 1.51. The highest BCUT2D eigenvalue weighted by Crippen LogP contribution is 2.11. The zero-order chi connectivity index (χ0) is 17.8. The number of nitrogens with zero attached hydrogens (tertiary/aromatic N) is 3. The Balaban J connectivity index is 1.58. The molecule has 0 bridgehead atoms. The van der Waals surface area contributed by atoms with Crippen molar-refractivity contribution in [2.75, 3.05) is 6.61 Å². The number of nitrogens with one attached hydrogen (secondary N) is 1. The molecular formula is C18H18N4O3. The lowest BCUT2D eigenvalue weighted by atomic mass is 10.2. The minimum absolute atomic E-state index is 0.0747. The highest BCUT2D eigenvalue weighted by atomic mass is 16.5. The molecule has 0 saturated carbocycles. The maximum Gasteiger partial charge on any atom is 0.360 e. The molecule has 2 heterocycles. The second kappa shape index (κ2) is 7.12. The standard InChI is InChI=1S/C18H18N4O3/c1-12-8-15(13(2)19-12)17(23)11-25-18(24)16-10-22(21-20-16)9-14-6-4-3-5-7-14/h3-8,10,19H,9,11H2,1-2H3. The largest absolute Gasteiger partial charge is 0.452 e. The summed E-state index contributed by atoms with van der Waals surface area (Å²) < 4.78 is 6.60. The van der Waals surface area contributed by atoms with Crippen molar-refractivity contribution in [2.24, 2.45) is 0 Å². The summed E-state index contributed by atoms with van der Waals surface area (Å²) in [6, 6.07) is 11.4. The van der Waals surface area contributed by atoms with Crippen molar-refractivity contribution in [1.82, 2.24) is 20.0 Å². The van der Waals surface area contributed by atoms with E-state index in [0.717, 1.165) is 17.0 Å². The number of aryl methyl sites for hydroxylation is 2. The van der Waals surface area contributed by atoms with Gasteiger partial charge in [-0.15, -0.1) is 5.10 Å². The quantitative estimate of drug-likeness (QED) is 0.550. The summed E-state index contributed by atoms with van der Waals surface area (Å²) in [5.74, 6) is -0.926. The van der Waals surface area contributed by atoms with E-state index in [4.69, 9.17) is 4.74 Å². The van der Waals surface area contributed by atoms with Gasteiger partial charge in [0.1, 0.15) is 0 Å². The first kappa shape index (κ1) is 16.6. The Labute approximate surface area is 144 Å². The van der Waals surface area contributed by atoms with Gasteiger partial charge in [0, 0.05) is 17.0 Å². The Morgan fingerprint density at radius 2 is 1.96 bits per heavy atom. The molecule has 7 nitrogen and oxygen atoms in total. The Bertz CT molecular complexity index is 896. The Morgan fingerprint density at radius 1 is 1.20 bits per heavy atom. The smallest absolute Gasteiger partial charge is 0.360 e. The molecule has 3 rings (SSSR count). The fourth-order valence-corrected chi connectivity index (χ4v) is 2.54. The van der Waals surface area contributed by atoms with Crippen LogP contribution in [0.4, 0.5) is 0 Å². The van der Waals surface area contributed by atoms with Gasteiger partial charge in [0.25, 0.3) is 0 Å². The maximum absolute atomic E-state index is 12.1. The van der Waals surface area contributed by atoms with Crippen LogP contribution in [0.5, 0.6) is 0 Å². The zero-order valence-corrected chi connectivity index (χ0v) is 14.0. The number of H-pyrrole nitrogens is 1. The molecule has 0 saturated heterocycles. The van der Waals surface area contributed by atoms with Crippen molar-refractivity contribution in [3.63, 3.8) is 0 Å². The second-order valence-corrected chi connectivity index (χ2v) is 5.78. The van der Waals surface area contributed by atoms with Crippen LogP contribution < -0.4 is 0 Å². The number of carbonyl (C=O) groups excluding carboxylic acids is 2. The summed E-state index contributed by atoms with van der Waals surface area (Å²) >= 11 is 0. The van der Waals surface area contributed by atoms with Crippen LogP contribution in [-0.4, -0.2) is 38.3 Å². The van der Waals surface area contributed by atoms with Crippen molar-refractivity contribution in [3.8, 4) is 0 Å². The van der Waals surface area contributed by atoms with E-state index in [1.54, 1.807) is 17.7 Å². The van der Waals surface area contributed by atoms with Crippen LogP contribution in [0, 0.1) is 13.8 Å². The first-order chi connectivity index (χ1) is 12.0. The molecule has 0 amide bonds. The van der Waals surface area contributed by atoms with Crippen LogP contribution in [0.2, 0.25) is 0 Å². The van der Waals surface area contributed by atoms with Crippen LogP contribution in [-0.2, 0) is 11.3 Å². The average Bonchev–Trinajstić information content (AvgIpc) is 3.19. The van der Waals surface area contributed by atoms with Crippen LogP contribution >= 0.6 is 0 Å². The van der Waals surface area contributed by atoms with E-state index in [1.165, 1.54) is 6.20 Å². The van der Waals surface area contributed by atoms with Gasteiger partial charge in [0.2, 0.25) is 5.78 Å². The molecule has 0 fully saturated rings. The Morgan fingerprint density at radius 3 is 2.64 bits per heavy atom. The fourth-order valence-electron chi connectivity index (χ4n) is 2.54. The number of ketones is 1. The highest BCUT2D eigenvalue weighted by Gasteiger charge is 2.17. The van der Waals surface area contributed by atoms with E-state index in [2.05, 4.69) is 15.3 Å². The van der Waals surface area contributed by atoms with Gasteiger partial charge in [-0.3, -0.25) is 4.79 Å². The lowest BCUT2D eigenvalue weighted by Crippen LogP contribution is -2.15. The van der Waals surface area contributed by atoms with Crippen molar-refractivity contribution in [3.05, 3.63) is 70.8 Å². The third-order valence-corrected chi connectivity index (χ3v) is 3.72. The highest BCUT2D eigenvalue weighted by molar-refractivity contribution is 6.00. The number of carbonyl (C=O) groups is 2. The molecule has 0 spiro atoms. The number of aromatic nitrogens is 4. The minimum Gasteiger partial charge on any atom is -0.452 e. The molecule has 25 heavy (non-hydrogen) atoms. The van der Waals surface area contributed by atoms with E-state index < -0.39 is 5.97 Å². The summed E-state index contributed by atoms with van der Waals surface area (Å²) in [4.78, 5) is 27.2. The predicted octanol–water partition coefficient (Wildman–Crippen LogP) is 2.31. The van der Waals surface area contributed by atoms with Gasteiger partial charge in [-0.25, -0.2) is 9.48 Å². The third kappa shape index (κ3) is 4.00. The van der Waals surface area contributed by atoms with Crippen LogP contribution in [0.1, 0.15) is 37.8 Å². The fraction of sp³-hybridized carbons (Fsp3) is 0.222. The summed E-state index contributed by atoms with van der Waals surface area (Å²) in [7, 11) is 0. The molecule has 0 atom stereocenters. The van der Waals surface area contributed by atoms with Crippen molar-refractivity contribution in [2.45, 2.75) is 20.4 Å². The van der Waals surface area contributed by atoms with E-state index in [-0.39, 0.29) is 18.1 Å². The van der Waals surface area contributed by atoms with Gasteiger partial charge in [-0.2, -0.15) is 0 Å². The van der Waals surface area contributed by atoms with Gasteiger partial charge >= 0.3 is 5.97 Å². The minimum atomic E-state index is -0.669. The number of hydrogen-bond acceptors (Lipinski definition) is 5. The molecule has 128 valence electrons. The van der Waals surface area contributed by atoms with Gasteiger partial charge in [-0.1, -0.05) is 35.5 Å². The third-order valence-electron chi connectivity index (χ3n) is 3.72. The molecule has 3 aromatic rings. The number of rotatable bonds is 6. The number of esters is 1. The lowest BCUT2D eigenvalue weighted by molar-refractivity contribution is 0.0468. The number of hydrogen-bond donors (Lipinski definition) is 1. The SMILES string of the molecule is Cc1cc(C(=O)COC(=O)c2cn(Cc3ccccc3)nn2)c(C)[nH]1. The zero-order valence-electron chi connectivity index (χ0n) is 14.0. The molecule has 0 aliphatic rings. The van der Waals surface area contributed by atoms with Crippen LogP contribution in [0.15, 0.2) is 42.6 Å².